The molecular formula is C35H38ClF5N10O5. The number of nitrogens with two attached hydrogens (primary N) is 1. The van der Waals surface area contributed by atoms with Crippen molar-refractivity contribution in [1.82, 2.24) is 34.5 Å². The van der Waals surface area contributed by atoms with Crippen LogP contribution in [0.25, 0.3) is 22.6 Å². The molecule has 0 unspecified atom stereocenters. The van der Waals surface area contributed by atoms with Crippen LogP contribution in [0, 0.1) is 5.92 Å². The van der Waals surface area contributed by atoms with E-state index in [0.717, 1.165) is 30.4 Å². The SMILES string of the molecule is Cn1c(-c2c(C(F)F)n[nH]c2-c2ccc(N)cn2)cnc1C(=O)Nc1ccc(C(=O)N2CCN(C(=O)C3CC[N+](C)(C)CC3)CC2)c(Cl)c1.O=C([O-])C(F)(F)F. The van der Waals surface area contributed by atoms with Crippen LogP contribution in [0.5, 0.6) is 0 Å². The highest BCUT2D eigenvalue weighted by Crippen LogP contribution is 2.37. The summed E-state index contributed by atoms with van der Waals surface area (Å²) in [5, 5.41) is 18.1. The van der Waals surface area contributed by atoms with Gasteiger partial charge in [0.1, 0.15) is 11.7 Å². The number of hydrogen-bond donors (Lipinski definition) is 3. The van der Waals surface area contributed by atoms with Crippen LogP contribution in [-0.4, -0.2) is 122 Å². The fraction of sp³-hybridized carbons (Fsp3) is 0.400. The number of benzene rings is 1. The van der Waals surface area contributed by atoms with E-state index in [1.807, 2.05) is 4.90 Å². The number of aromatic nitrogens is 5. The summed E-state index contributed by atoms with van der Waals surface area (Å²) >= 11 is 6.53. The summed E-state index contributed by atoms with van der Waals surface area (Å²) in [6.45, 7) is 3.68. The Morgan fingerprint density at radius 3 is 2.18 bits per heavy atom. The number of rotatable bonds is 7. The number of piperidine rings is 1. The third kappa shape index (κ3) is 9.41. The molecule has 0 saturated carbocycles. The lowest BCUT2D eigenvalue weighted by Crippen LogP contribution is -2.54. The first kappa shape index (κ1) is 41.5. The van der Waals surface area contributed by atoms with Gasteiger partial charge >= 0.3 is 6.18 Å². The van der Waals surface area contributed by atoms with Crippen molar-refractivity contribution in [3.05, 3.63) is 64.8 Å². The highest BCUT2D eigenvalue weighted by atomic mass is 35.5. The fourth-order valence-corrected chi connectivity index (χ4v) is 6.65. The Bertz CT molecular complexity index is 2090. The number of hydrogen-bond acceptors (Lipinski definition) is 9. The standard InChI is InChI=1S/C33H37ClF2N10O3.C2HF3O2/c1-43-25(26-27(41-42-28(26)29(35)36)24-7-4-20(37)17-38-24)18-39-30(43)31(47)40-21-5-6-22(23(34)16-21)33(49)45-12-10-44(11-13-45)32(48)19-8-14-46(2,3)15-9-19;3-2(4,5)1(6)7/h4-7,16-19,29H,8-15H2,1-3H3,(H3-,37,38,39,40,41,42,47,49);(H,6,7). The number of carbonyl (C=O) groups is 4. The minimum Gasteiger partial charge on any atom is -0.542 e. The van der Waals surface area contributed by atoms with Gasteiger partial charge in [-0.3, -0.25) is 24.5 Å². The Labute approximate surface area is 321 Å². The summed E-state index contributed by atoms with van der Waals surface area (Å²) in [5.74, 6) is -3.75. The van der Waals surface area contributed by atoms with Crippen LogP contribution in [-0.2, 0) is 16.6 Å². The number of quaternary nitrogens is 1. The van der Waals surface area contributed by atoms with Crippen LogP contribution in [0.1, 0.15) is 45.9 Å². The van der Waals surface area contributed by atoms with Crippen molar-refractivity contribution in [2.45, 2.75) is 25.4 Å². The lowest BCUT2D eigenvalue weighted by molar-refractivity contribution is -0.895. The second-order valence-electron chi connectivity index (χ2n) is 13.9. The number of nitrogens with zero attached hydrogens (tertiary/aromatic N) is 7. The smallest absolute Gasteiger partial charge is 0.430 e. The molecule has 56 heavy (non-hydrogen) atoms. The zero-order chi connectivity index (χ0) is 41.1. The first-order valence-electron chi connectivity index (χ1n) is 17.2. The van der Waals surface area contributed by atoms with Gasteiger partial charge in [-0.2, -0.15) is 18.3 Å². The van der Waals surface area contributed by atoms with E-state index < -0.39 is 30.2 Å². The van der Waals surface area contributed by atoms with Crippen molar-refractivity contribution < 1.29 is 50.7 Å². The summed E-state index contributed by atoms with van der Waals surface area (Å²) < 4.78 is 61.8. The number of halogens is 6. The first-order valence-corrected chi connectivity index (χ1v) is 17.5. The second kappa shape index (κ2) is 16.6. The number of carboxylic acid groups (broad SMARTS) is 1. The van der Waals surface area contributed by atoms with Gasteiger partial charge in [-0.25, -0.2) is 13.8 Å². The molecule has 0 atom stereocenters. The van der Waals surface area contributed by atoms with Gasteiger partial charge in [-0.1, -0.05) is 11.6 Å². The maximum Gasteiger partial charge on any atom is 0.430 e. The number of aliphatic carboxylic acids is 1. The second-order valence-corrected chi connectivity index (χ2v) is 14.3. The Morgan fingerprint density at radius 1 is 1.00 bits per heavy atom. The summed E-state index contributed by atoms with van der Waals surface area (Å²) in [6, 6.07) is 7.72. The largest absolute Gasteiger partial charge is 0.542 e. The lowest BCUT2D eigenvalue weighted by atomic mass is 9.94. The Kier molecular flexibility index (Phi) is 12.3. The van der Waals surface area contributed by atoms with E-state index in [1.165, 1.54) is 36.1 Å². The van der Waals surface area contributed by atoms with Gasteiger partial charge in [0, 0.05) is 57.7 Å². The zero-order valence-electron chi connectivity index (χ0n) is 30.4. The van der Waals surface area contributed by atoms with Crippen molar-refractivity contribution in [1.29, 1.82) is 0 Å². The van der Waals surface area contributed by atoms with E-state index in [1.54, 1.807) is 23.1 Å². The van der Waals surface area contributed by atoms with Crippen LogP contribution in [0.15, 0.2) is 42.7 Å². The van der Waals surface area contributed by atoms with E-state index in [9.17, 15) is 36.3 Å². The molecule has 2 saturated heterocycles. The molecule has 4 aromatic rings. The number of alkyl halides is 5. The molecule has 1 aromatic carbocycles. The molecule has 3 aromatic heterocycles. The number of pyridine rings is 1. The molecule has 0 spiro atoms. The number of H-pyrrole nitrogens is 1. The minimum atomic E-state index is -5.19. The number of aromatic amines is 1. The number of carboxylic acids is 1. The van der Waals surface area contributed by atoms with Crippen LogP contribution in [0.2, 0.25) is 5.02 Å². The van der Waals surface area contributed by atoms with Gasteiger partial charge in [-0.15, -0.1) is 0 Å². The number of anilines is 2. The molecule has 3 amide bonds. The van der Waals surface area contributed by atoms with E-state index >= 15 is 0 Å². The average Bonchev–Trinajstić information content (AvgIpc) is 3.75. The van der Waals surface area contributed by atoms with Gasteiger partial charge in [0.05, 0.1) is 78.5 Å². The van der Waals surface area contributed by atoms with Crippen molar-refractivity contribution in [3.63, 3.8) is 0 Å². The number of nitrogens with one attached hydrogen (secondary N) is 2. The van der Waals surface area contributed by atoms with Crippen LogP contribution < -0.4 is 16.2 Å². The normalized spacial score (nSPS) is 16.0. The summed E-state index contributed by atoms with van der Waals surface area (Å²) in [5.41, 5.74) is 7.02. The molecule has 2 aliphatic heterocycles. The average molecular weight is 809 g/mol. The van der Waals surface area contributed by atoms with Crippen LogP contribution >= 0.6 is 11.6 Å². The molecule has 15 nitrogen and oxygen atoms in total. The number of imidazole rings is 1. The number of nitrogen functional groups attached to an aromatic ring is 1. The predicted octanol–water partition coefficient (Wildman–Crippen LogP) is 3.37. The highest BCUT2D eigenvalue weighted by molar-refractivity contribution is 6.34. The maximum absolute atomic E-state index is 14.0. The van der Waals surface area contributed by atoms with Crippen molar-refractivity contribution in [3.8, 4) is 22.6 Å². The molecule has 0 radical (unpaired) electrons. The van der Waals surface area contributed by atoms with Crippen LogP contribution in [0.3, 0.4) is 0 Å². The zero-order valence-corrected chi connectivity index (χ0v) is 31.1. The number of carbonyl (C=O) groups excluding carboxylic acids is 4. The lowest BCUT2D eigenvalue weighted by Gasteiger charge is -2.40. The van der Waals surface area contributed by atoms with E-state index in [-0.39, 0.29) is 51.1 Å². The molecular weight excluding hydrogens is 771 g/mol. The topological polar surface area (TPSA) is 195 Å². The van der Waals surface area contributed by atoms with Gasteiger partial charge in [-0.05, 0) is 30.3 Å². The quantitative estimate of drug-likeness (QED) is 0.185. The summed E-state index contributed by atoms with van der Waals surface area (Å²) in [4.78, 5) is 60.5. The molecule has 0 aliphatic carbocycles. The van der Waals surface area contributed by atoms with Crippen molar-refractivity contribution in [2.24, 2.45) is 13.0 Å². The molecule has 2 aliphatic rings. The Hall–Kier alpha value is -5.63. The fourth-order valence-electron chi connectivity index (χ4n) is 6.39. The summed E-state index contributed by atoms with van der Waals surface area (Å²) in [6.07, 6.45) is -3.65. The molecule has 21 heteroatoms. The molecule has 4 N–H and O–H groups in total. The van der Waals surface area contributed by atoms with Gasteiger partial charge in [0.15, 0.2) is 5.82 Å². The molecule has 2 fully saturated rings. The Balaban J connectivity index is 0.000000784. The summed E-state index contributed by atoms with van der Waals surface area (Å²) in [7, 11) is 5.89. The van der Waals surface area contributed by atoms with Crippen molar-refractivity contribution in [2.75, 3.05) is 64.4 Å². The predicted molar refractivity (Wildman–Crippen MR) is 191 cm³/mol. The van der Waals surface area contributed by atoms with E-state index in [2.05, 4.69) is 39.6 Å². The minimum absolute atomic E-state index is 0.0353. The molecule has 5 heterocycles. The van der Waals surface area contributed by atoms with Gasteiger partial charge < -0.3 is 39.8 Å². The third-order valence-electron chi connectivity index (χ3n) is 9.57. The number of amides is 3. The maximum atomic E-state index is 14.0. The van der Waals surface area contributed by atoms with E-state index in [4.69, 9.17) is 27.2 Å². The number of piperazine rings is 1. The third-order valence-corrected chi connectivity index (χ3v) is 9.89. The van der Waals surface area contributed by atoms with Crippen molar-refractivity contribution >= 4 is 46.7 Å². The first-order chi connectivity index (χ1) is 26.3. The Morgan fingerprint density at radius 2 is 1.62 bits per heavy atom. The molecule has 300 valence electrons. The molecule has 0 bridgehead atoms. The van der Waals surface area contributed by atoms with Gasteiger partial charge in [0.2, 0.25) is 5.91 Å². The number of likely N-dealkylation sites (tertiary alicyclic amines) is 1. The van der Waals surface area contributed by atoms with Gasteiger partial charge in [0.25, 0.3) is 18.2 Å². The highest BCUT2D eigenvalue weighted by Gasteiger charge is 2.35. The van der Waals surface area contributed by atoms with Crippen LogP contribution in [0.4, 0.5) is 33.3 Å². The molecule has 6 rings (SSSR count). The monoisotopic (exact) mass is 808 g/mol. The van der Waals surface area contributed by atoms with E-state index in [0.29, 0.717) is 43.2 Å².